The van der Waals surface area contributed by atoms with Crippen molar-refractivity contribution >= 4 is 5.78 Å². The zero-order valence-corrected chi connectivity index (χ0v) is 18.4. The molecule has 0 radical (unpaired) electrons. The number of rotatable bonds is 5. The van der Waals surface area contributed by atoms with Crippen LogP contribution in [0.3, 0.4) is 0 Å². The Morgan fingerprint density at radius 3 is 2.39 bits per heavy atom. The van der Waals surface area contributed by atoms with Gasteiger partial charge < -0.3 is 17.0 Å². The molecule has 4 rings (SSSR count). The second-order valence-electron chi connectivity index (χ2n) is 7.88. The number of Topliss-reactive ketones (excluding diaryl/α,β-unsaturated/α-hetero) is 1. The monoisotopic (exact) mass is 438 g/mol. The molecule has 28 heavy (non-hydrogen) atoms. The standard InChI is InChI=1S/C24H27N2O.BrH/c1-17(2)19-10-12-21(13-11-19)23(27)16-25-15-22(26-14-4-5-24(25)26)20-8-6-18(3)7-9-20;/h6-13,15,17H,4-5,14,16H2,1-3H3;1H/q+1;/p-1. The Hall–Kier alpha value is -2.20. The zero-order valence-electron chi connectivity index (χ0n) is 16.8. The summed E-state index contributed by atoms with van der Waals surface area (Å²) in [7, 11) is 0. The van der Waals surface area contributed by atoms with Crippen molar-refractivity contribution in [1.29, 1.82) is 0 Å². The van der Waals surface area contributed by atoms with E-state index in [4.69, 9.17) is 0 Å². The Labute approximate surface area is 177 Å². The molecule has 146 valence electrons. The van der Waals surface area contributed by atoms with E-state index in [2.05, 4.69) is 72.5 Å². The first-order valence-corrected chi connectivity index (χ1v) is 9.85. The third-order valence-electron chi connectivity index (χ3n) is 5.55. The molecule has 4 heteroatoms. The highest BCUT2D eigenvalue weighted by atomic mass is 79.9. The summed E-state index contributed by atoms with van der Waals surface area (Å²) in [5.41, 5.74) is 5.76. The van der Waals surface area contributed by atoms with Gasteiger partial charge in [0, 0.05) is 11.1 Å². The van der Waals surface area contributed by atoms with Crippen LogP contribution in [0.2, 0.25) is 0 Å². The van der Waals surface area contributed by atoms with E-state index in [-0.39, 0.29) is 22.8 Å². The first-order chi connectivity index (χ1) is 13.0. The van der Waals surface area contributed by atoms with E-state index in [1.165, 1.54) is 28.2 Å². The molecule has 0 saturated heterocycles. The maximum atomic E-state index is 12.9. The molecule has 0 saturated carbocycles. The summed E-state index contributed by atoms with van der Waals surface area (Å²) in [6.45, 7) is 7.88. The van der Waals surface area contributed by atoms with Crippen LogP contribution in [0.1, 0.15) is 53.5 Å². The minimum Gasteiger partial charge on any atom is -1.00 e. The van der Waals surface area contributed by atoms with Crippen LogP contribution in [-0.4, -0.2) is 10.4 Å². The molecule has 0 spiro atoms. The normalized spacial score (nSPS) is 12.7. The molecule has 1 aliphatic heterocycles. The van der Waals surface area contributed by atoms with Crippen LogP contribution in [-0.2, 0) is 19.5 Å². The molecule has 0 unspecified atom stereocenters. The second kappa shape index (κ2) is 8.44. The number of carbonyl (C=O) groups is 1. The molecule has 0 fully saturated rings. The first kappa shape index (κ1) is 20.5. The van der Waals surface area contributed by atoms with Crippen molar-refractivity contribution in [1.82, 2.24) is 4.57 Å². The lowest BCUT2D eigenvalue weighted by atomic mass is 10.0. The minimum absolute atomic E-state index is 0. The van der Waals surface area contributed by atoms with E-state index in [0.29, 0.717) is 12.5 Å². The van der Waals surface area contributed by atoms with Gasteiger partial charge in [-0.25, -0.2) is 9.13 Å². The van der Waals surface area contributed by atoms with Crippen molar-refractivity contribution in [3.8, 4) is 11.3 Å². The summed E-state index contributed by atoms with van der Waals surface area (Å²) < 4.78 is 4.53. The summed E-state index contributed by atoms with van der Waals surface area (Å²) in [5.74, 6) is 1.92. The number of fused-ring (bicyclic) bond motifs is 1. The number of imidazole rings is 1. The highest BCUT2D eigenvalue weighted by Crippen LogP contribution is 2.25. The van der Waals surface area contributed by atoms with Crippen molar-refractivity contribution in [2.24, 2.45) is 0 Å². The van der Waals surface area contributed by atoms with E-state index in [1.54, 1.807) is 0 Å². The molecule has 0 N–H and O–H groups in total. The molecule has 0 aliphatic carbocycles. The Bertz CT molecular complexity index is 969. The maximum absolute atomic E-state index is 12.9. The molecule has 0 atom stereocenters. The van der Waals surface area contributed by atoms with E-state index in [1.807, 2.05) is 12.1 Å². The van der Waals surface area contributed by atoms with Crippen molar-refractivity contribution in [2.45, 2.75) is 52.6 Å². The van der Waals surface area contributed by atoms with E-state index >= 15 is 0 Å². The fourth-order valence-electron chi connectivity index (χ4n) is 3.90. The van der Waals surface area contributed by atoms with Gasteiger partial charge in [0.05, 0.1) is 13.0 Å². The molecule has 3 aromatic rings. The van der Waals surface area contributed by atoms with Crippen molar-refractivity contribution in [2.75, 3.05) is 0 Å². The van der Waals surface area contributed by atoms with Gasteiger partial charge in [0.25, 0.3) is 5.82 Å². The minimum atomic E-state index is 0. The van der Waals surface area contributed by atoms with Gasteiger partial charge in [0.1, 0.15) is 6.20 Å². The van der Waals surface area contributed by atoms with Crippen molar-refractivity contribution < 1.29 is 26.3 Å². The Kier molecular flexibility index (Phi) is 6.19. The predicted molar refractivity (Wildman–Crippen MR) is 108 cm³/mol. The highest BCUT2D eigenvalue weighted by molar-refractivity contribution is 5.95. The quantitative estimate of drug-likeness (QED) is 0.439. The van der Waals surface area contributed by atoms with Gasteiger partial charge in [-0.15, -0.1) is 0 Å². The van der Waals surface area contributed by atoms with E-state index in [0.717, 1.165) is 24.9 Å². The number of hydrogen-bond acceptors (Lipinski definition) is 1. The number of hydrogen-bond donors (Lipinski definition) is 0. The average Bonchev–Trinajstić information content (AvgIpc) is 3.26. The summed E-state index contributed by atoms with van der Waals surface area (Å²) in [6, 6.07) is 16.7. The number of aryl methyl sites for hydroxylation is 1. The molecule has 2 heterocycles. The SMILES string of the molecule is Cc1ccc(-c2c[n+](CC(=O)c3ccc(C(C)C)cc3)c3n2CCC3)cc1.[Br-]. The second-order valence-corrected chi connectivity index (χ2v) is 7.88. The van der Waals surface area contributed by atoms with Crippen LogP contribution in [0, 0.1) is 6.92 Å². The predicted octanol–water partition coefficient (Wildman–Crippen LogP) is 1.71. The first-order valence-electron chi connectivity index (χ1n) is 9.85. The fraction of sp³-hybridized carbons (Fsp3) is 0.333. The molecule has 0 bridgehead atoms. The number of benzene rings is 2. The summed E-state index contributed by atoms with van der Waals surface area (Å²) in [4.78, 5) is 12.9. The molecule has 2 aromatic carbocycles. The third-order valence-corrected chi connectivity index (χ3v) is 5.55. The number of nitrogens with zero attached hydrogens (tertiary/aromatic N) is 2. The number of carbonyl (C=O) groups excluding carboxylic acids is 1. The summed E-state index contributed by atoms with van der Waals surface area (Å²) >= 11 is 0. The number of halogens is 1. The van der Waals surface area contributed by atoms with Gasteiger partial charge >= 0.3 is 0 Å². The number of aromatic nitrogens is 2. The lowest BCUT2D eigenvalue weighted by Gasteiger charge is -2.06. The summed E-state index contributed by atoms with van der Waals surface area (Å²) in [6.07, 6.45) is 4.33. The lowest BCUT2D eigenvalue weighted by Crippen LogP contribution is -3.00. The van der Waals surface area contributed by atoms with Crippen LogP contribution in [0.25, 0.3) is 11.3 Å². The third kappa shape index (κ3) is 3.97. The van der Waals surface area contributed by atoms with Gasteiger partial charge in [-0.2, -0.15) is 0 Å². The Morgan fingerprint density at radius 2 is 1.75 bits per heavy atom. The Morgan fingerprint density at radius 1 is 1.07 bits per heavy atom. The molecular weight excluding hydrogens is 412 g/mol. The van der Waals surface area contributed by atoms with Crippen LogP contribution in [0.5, 0.6) is 0 Å². The zero-order chi connectivity index (χ0) is 19.0. The Balaban J connectivity index is 0.00000225. The fourth-order valence-corrected chi connectivity index (χ4v) is 3.90. The van der Waals surface area contributed by atoms with Crippen LogP contribution >= 0.6 is 0 Å². The highest BCUT2D eigenvalue weighted by Gasteiger charge is 2.29. The van der Waals surface area contributed by atoms with Crippen molar-refractivity contribution in [3.63, 3.8) is 0 Å². The van der Waals surface area contributed by atoms with Crippen molar-refractivity contribution in [3.05, 3.63) is 77.2 Å². The molecule has 0 amide bonds. The van der Waals surface area contributed by atoms with Crippen LogP contribution in [0.4, 0.5) is 0 Å². The smallest absolute Gasteiger partial charge is 0.257 e. The summed E-state index contributed by atoms with van der Waals surface area (Å²) in [5, 5.41) is 0. The number of ketones is 1. The van der Waals surface area contributed by atoms with Gasteiger partial charge in [-0.05, 0) is 24.8 Å². The molecule has 1 aromatic heterocycles. The largest absolute Gasteiger partial charge is 1.00 e. The van der Waals surface area contributed by atoms with Gasteiger partial charge in [-0.1, -0.05) is 67.9 Å². The molecule has 1 aliphatic rings. The van der Waals surface area contributed by atoms with Gasteiger partial charge in [0.15, 0.2) is 12.2 Å². The molecular formula is C24H27BrN2O. The van der Waals surface area contributed by atoms with E-state index < -0.39 is 0 Å². The average molecular weight is 439 g/mol. The van der Waals surface area contributed by atoms with Gasteiger partial charge in [0.2, 0.25) is 5.78 Å². The van der Waals surface area contributed by atoms with Gasteiger partial charge in [-0.3, -0.25) is 4.79 Å². The maximum Gasteiger partial charge on any atom is 0.257 e. The lowest BCUT2D eigenvalue weighted by molar-refractivity contribution is -0.689. The molecule has 3 nitrogen and oxygen atoms in total. The van der Waals surface area contributed by atoms with Crippen LogP contribution in [0.15, 0.2) is 54.7 Å². The van der Waals surface area contributed by atoms with Crippen LogP contribution < -0.4 is 21.5 Å². The topological polar surface area (TPSA) is 25.9 Å². The van der Waals surface area contributed by atoms with E-state index in [9.17, 15) is 4.79 Å².